The number of para-hydroxylation sites is 3. The summed E-state index contributed by atoms with van der Waals surface area (Å²) in [5, 5.41) is 12.0. The molecule has 0 amide bonds. The SMILES string of the molecule is COc1ccccc1N1CCN(CC(O)c2cn(S(=O)(=O)c3ccc(I)cc3)c3ccccc23)CC1. The van der Waals surface area contributed by atoms with Crippen LogP contribution in [0.1, 0.15) is 11.7 Å². The number of nitrogens with zero attached hydrogens (tertiary/aromatic N) is 3. The highest BCUT2D eigenvalue weighted by Crippen LogP contribution is 2.32. The first kappa shape index (κ1) is 25.1. The minimum atomic E-state index is -3.80. The van der Waals surface area contributed by atoms with Gasteiger partial charge in [0.1, 0.15) is 5.75 Å². The highest BCUT2D eigenvalue weighted by Gasteiger charge is 2.26. The molecule has 7 nitrogen and oxygen atoms in total. The average Bonchev–Trinajstić information content (AvgIpc) is 3.30. The molecule has 36 heavy (non-hydrogen) atoms. The molecule has 4 aromatic rings. The number of benzene rings is 3. The lowest BCUT2D eigenvalue weighted by molar-refractivity contribution is 0.110. The Hall–Kier alpha value is -2.60. The molecule has 0 saturated carbocycles. The van der Waals surface area contributed by atoms with Gasteiger partial charge in [0.25, 0.3) is 10.0 Å². The van der Waals surface area contributed by atoms with E-state index in [2.05, 4.69) is 38.5 Å². The number of hydrogen-bond donors (Lipinski definition) is 1. The van der Waals surface area contributed by atoms with Crippen LogP contribution in [0.5, 0.6) is 5.75 Å². The second kappa shape index (κ2) is 10.4. The Morgan fingerprint density at radius 1 is 0.944 bits per heavy atom. The largest absolute Gasteiger partial charge is 0.495 e. The van der Waals surface area contributed by atoms with Gasteiger partial charge in [-0.25, -0.2) is 12.4 Å². The van der Waals surface area contributed by atoms with Crippen molar-refractivity contribution in [3.63, 3.8) is 0 Å². The van der Waals surface area contributed by atoms with Gasteiger partial charge in [-0.1, -0.05) is 30.3 Å². The third kappa shape index (κ3) is 4.84. The summed E-state index contributed by atoms with van der Waals surface area (Å²) in [4.78, 5) is 4.73. The zero-order valence-electron chi connectivity index (χ0n) is 19.9. The Balaban J connectivity index is 1.36. The fourth-order valence-electron chi connectivity index (χ4n) is 4.77. The fourth-order valence-corrected chi connectivity index (χ4v) is 6.50. The van der Waals surface area contributed by atoms with Crippen LogP contribution in [-0.2, 0) is 10.0 Å². The van der Waals surface area contributed by atoms with Gasteiger partial charge in [-0.2, -0.15) is 0 Å². The molecule has 0 spiro atoms. The van der Waals surface area contributed by atoms with Gasteiger partial charge in [-0.3, -0.25) is 4.90 Å². The Labute approximate surface area is 225 Å². The lowest BCUT2D eigenvalue weighted by Gasteiger charge is -2.37. The Kier molecular flexibility index (Phi) is 7.25. The van der Waals surface area contributed by atoms with E-state index in [-0.39, 0.29) is 4.90 Å². The van der Waals surface area contributed by atoms with Crippen LogP contribution in [0.15, 0.2) is 83.9 Å². The smallest absolute Gasteiger partial charge is 0.268 e. The second-order valence-electron chi connectivity index (χ2n) is 8.83. The molecule has 9 heteroatoms. The maximum Gasteiger partial charge on any atom is 0.268 e. The average molecular weight is 618 g/mol. The standard InChI is InChI=1S/C27H28IN3O4S/c1-35-27-9-5-4-8-25(27)30-16-14-29(15-17-30)19-26(32)23-18-31(24-7-3-2-6-22(23)24)36(33,34)21-12-10-20(28)11-13-21/h2-13,18,26,32H,14-17,19H2,1H3. The molecule has 1 aromatic heterocycles. The van der Waals surface area contributed by atoms with Gasteiger partial charge in [0.15, 0.2) is 0 Å². The van der Waals surface area contributed by atoms with Crippen molar-refractivity contribution in [2.45, 2.75) is 11.0 Å². The summed E-state index contributed by atoms with van der Waals surface area (Å²) < 4.78 is 34.7. The van der Waals surface area contributed by atoms with Crippen molar-refractivity contribution in [3.05, 3.63) is 88.1 Å². The number of rotatable bonds is 7. The van der Waals surface area contributed by atoms with Gasteiger partial charge in [-0.05, 0) is 65.1 Å². The van der Waals surface area contributed by atoms with E-state index in [1.54, 1.807) is 43.6 Å². The van der Waals surface area contributed by atoms with Gasteiger partial charge in [0.2, 0.25) is 0 Å². The molecule has 0 bridgehead atoms. The van der Waals surface area contributed by atoms with Crippen molar-refractivity contribution in [1.29, 1.82) is 0 Å². The molecular formula is C27H28IN3O4S. The van der Waals surface area contributed by atoms with E-state index < -0.39 is 16.1 Å². The molecular weight excluding hydrogens is 589 g/mol. The highest BCUT2D eigenvalue weighted by molar-refractivity contribution is 14.1. The number of methoxy groups -OCH3 is 1. The molecule has 1 aliphatic heterocycles. The topological polar surface area (TPSA) is 75.0 Å². The highest BCUT2D eigenvalue weighted by atomic mass is 127. The van der Waals surface area contributed by atoms with Crippen LogP contribution in [0.4, 0.5) is 5.69 Å². The molecule has 1 unspecified atom stereocenters. The maximum absolute atomic E-state index is 13.5. The number of aromatic nitrogens is 1. The molecule has 1 saturated heterocycles. The number of aliphatic hydroxyl groups excluding tert-OH is 1. The van der Waals surface area contributed by atoms with Crippen molar-refractivity contribution in [2.75, 3.05) is 44.7 Å². The van der Waals surface area contributed by atoms with Gasteiger partial charge in [0.05, 0.1) is 29.3 Å². The minimum Gasteiger partial charge on any atom is -0.495 e. The quantitative estimate of drug-likeness (QED) is 0.311. The summed E-state index contributed by atoms with van der Waals surface area (Å²) >= 11 is 2.15. The van der Waals surface area contributed by atoms with E-state index in [1.165, 1.54) is 3.97 Å². The van der Waals surface area contributed by atoms with E-state index in [4.69, 9.17) is 4.74 Å². The van der Waals surface area contributed by atoms with Gasteiger partial charge in [-0.15, -0.1) is 0 Å². The summed E-state index contributed by atoms with van der Waals surface area (Å²) in [7, 11) is -2.12. The first-order chi connectivity index (χ1) is 17.4. The van der Waals surface area contributed by atoms with Crippen LogP contribution < -0.4 is 9.64 Å². The molecule has 1 fully saturated rings. The number of anilines is 1. The third-order valence-corrected chi connectivity index (χ3v) is 9.07. The molecule has 0 radical (unpaired) electrons. The van der Waals surface area contributed by atoms with Crippen LogP contribution in [0, 0.1) is 3.57 Å². The van der Waals surface area contributed by atoms with Crippen LogP contribution in [-0.4, -0.2) is 62.2 Å². The van der Waals surface area contributed by atoms with E-state index in [9.17, 15) is 13.5 Å². The number of β-amino-alcohol motifs (C(OH)–C–C–N with tert-alkyl or cyclic N) is 1. The Bertz CT molecular complexity index is 1460. The summed E-state index contributed by atoms with van der Waals surface area (Å²) in [5.74, 6) is 0.855. The maximum atomic E-state index is 13.5. The first-order valence-electron chi connectivity index (χ1n) is 11.8. The van der Waals surface area contributed by atoms with Crippen LogP contribution >= 0.6 is 22.6 Å². The zero-order valence-corrected chi connectivity index (χ0v) is 22.9. The minimum absolute atomic E-state index is 0.220. The lowest BCUT2D eigenvalue weighted by atomic mass is 10.1. The van der Waals surface area contributed by atoms with Crippen molar-refractivity contribution in [3.8, 4) is 5.75 Å². The van der Waals surface area contributed by atoms with Crippen molar-refractivity contribution in [1.82, 2.24) is 8.87 Å². The number of halogens is 1. The molecule has 0 aliphatic carbocycles. The number of hydrogen-bond acceptors (Lipinski definition) is 6. The molecule has 1 aliphatic rings. The van der Waals surface area contributed by atoms with E-state index in [0.29, 0.717) is 17.6 Å². The summed E-state index contributed by atoms with van der Waals surface area (Å²) in [6.45, 7) is 3.63. The fraction of sp³-hybridized carbons (Fsp3) is 0.259. The predicted molar refractivity (Wildman–Crippen MR) is 150 cm³/mol. The summed E-state index contributed by atoms with van der Waals surface area (Å²) in [6, 6.07) is 22.1. The summed E-state index contributed by atoms with van der Waals surface area (Å²) in [6.07, 6.45) is 0.758. The normalized spacial score (nSPS) is 15.8. The number of piperazine rings is 1. The molecule has 5 rings (SSSR count). The van der Waals surface area contributed by atoms with E-state index in [1.807, 2.05) is 36.4 Å². The van der Waals surface area contributed by atoms with Gasteiger partial charge in [0, 0.05) is 53.4 Å². The molecule has 1 atom stereocenters. The van der Waals surface area contributed by atoms with E-state index >= 15 is 0 Å². The number of aliphatic hydroxyl groups is 1. The molecule has 188 valence electrons. The summed E-state index contributed by atoms with van der Waals surface area (Å²) in [5.41, 5.74) is 2.25. The van der Waals surface area contributed by atoms with Crippen molar-refractivity contribution < 1.29 is 18.3 Å². The van der Waals surface area contributed by atoms with Crippen molar-refractivity contribution in [2.24, 2.45) is 0 Å². The van der Waals surface area contributed by atoms with Gasteiger partial charge < -0.3 is 14.7 Å². The monoisotopic (exact) mass is 617 g/mol. The van der Waals surface area contributed by atoms with Crippen LogP contribution in [0.2, 0.25) is 0 Å². The molecule has 3 aromatic carbocycles. The van der Waals surface area contributed by atoms with Crippen molar-refractivity contribution >= 4 is 49.2 Å². The molecule has 1 N–H and O–H groups in total. The van der Waals surface area contributed by atoms with Crippen LogP contribution in [0.3, 0.4) is 0 Å². The first-order valence-corrected chi connectivity index (χ1v) is 14.3. The lowest BCUT2D eigenvalue weighted by Crippen LogP contribution is -2.47. The Morgan fingerprint density at radius 2 is 1.61 bits per heavy atom. The number of ether oxygens (including phenoxy) is 1. The number of fused-ring (bicyclic) bond motifs is 1. The second-order valence-corrected chi connectivity index (χ2v) is 11.9. The van der Waals surface area contributed by atoms with Crippen LogP contribution in [0.25, 0.3) is 10.9 Å². The third-order valence-electron chi connectivity index (χ3n) is 6.67. The predicted octanol–water partition coefficient (Wildman–Crippen LogP) is 4.35. The zero-order chi connectivity index (χ0) is 25.3. The molecule has 2 heterocycles. The Morgan fingerprint density at radius 3 is 2.33 bits per heavy atom. The van der Waals surface area contributed by atoms with Gasteiger partial charge >= 0.3 is 0 Å². The van der Waals surface area contributed by atoms with E-state index in [0.717, 1.165) is 46.6 Å².